The van der Waals surface area contributed by atoms with Crippen LogP contribution < -0.4 is 5.32 Å². The molecule has 50 heavy (non-hydrogen) atoms. The average molecular weight is 710 g/mol. The lowest BCUT2D eigenvalue weighted by Crippen LogP contribution is -2.64. The van der Waals surface area contributed by atoms with Crippen LogP contribution in [0.3, 0.4) is 0 Å². The van der Waals surface area contributed by atoms with Crippen LogP contribution in [0.4, 0.5) is 5.69 Å². The van der Waals surface area contributed by atoms with Crippen LogP contribution in [0.25, 0.3) is 0 Å². The first-order chi connectivity index (χ1) is 24.0. The number of hydrogen-bond acceptors (Lipinski definition) is 6. The van der Waals surface area contributed by atoms with Gasteiger partial charge in [-0.3, -0.25) is 14.5 Å². The molecule has 1 N–H and O–H groups in total. The van der Waals surface area contributed by atoms with Gasteiger partial charge in [0.25, 0.3) is 0 Å². The molecule has 1 unspecified atom stereocenters. The van der Waals surface area contributed by atoms with Crippen molar-refractivity contribution in [2.45, 2.75) is 74.6 Å². The van der Waals surface area contributed by atoms with Gasteiger partial charge in [0.1, 0.15) is 17.6 Å². The second kappa shape index (κ2) is 12.0. The van der Waals surface area contributed by atoms with Gasteiger partial charge in [-0.05, 0) is 83.7 Å². The molecular formula is C41H38Cl2N2O5. The van der Waals surface area contributed by atoms with E-state index >= 15 is 9.59 Å². The first-order valence-corrected chi connectivity index (χ1v) is 17.9. The Bertz CT molecular complexity index is 2010. The molecule has 256 valence electrons. The van der Waals surface area contributed by atoms with Crippen molar-refractivity contribution in [3.63, 3.8) is 0 Å². The number of esters is 2. The molecule has 8 rings (SSSR count). The molecule has 0 aromatic heterocycles. The Morgan fingerprint density at radius 3 is 2.12 bits per heavy atom. The van der Waals surface area contributed by atoms with E-state index in [1.54, 1.807) is 24.3 Å². The minimum Gasteiger partial charge on any atom is -0.465 e. The molecule has 4 aromatic rings. The third-order valence-corrected chi connectivity index (χ3v) is 12.2. The number of cyclic esters (lactones) is 1. The van der Waals surface area contributed by atoms with Gasteiger partial charge in [-0.1, -0.05) is 104 Å². The third kappa shape index (κ3) is 4.77. The molecule has 2 spiro atoms. The van der Waals surface area contributed by atoms with Crippen LogP contribution in [-0.2, 0) is 24.5 Å². The Labute approximate surface area is 301 Å². The Morgan fingerprint density at radius 2 is 1.46 bits per heavy atom. The number of amides is 1. The third-order valence-electron chi connectivity index (χ3n) is 11.8. The number of hydrogen-bond donors (Lipinski definition) is 1. The van der Waals surface area contributed by atoms with Crippen LogP contribution in [-0.4, -0.2) is 41.4 Å². The van der Waals surface area contributed by atoms with Crippen molar-refractivity contribution >= 4 is 46.7 Å². The van der Waals surface area contributed by atoms with Crippen molar-refractivity contribution in [3.8, 4) is 0 Å². The maximum Gasteiger partial charge on any atom is 0.337 e. The fourth-order valence-corrected chi connectivity index (χ4v) is 10.1. The Kier molecular flexibility index (Phi) is 7.90. The molecule has 4 aromatic carbocycles. The van der Waals surface area contributed by atoms with Crippen molar-refractivity contribution in [2.75, 3.05) is 12.4 Å². The zero-order chi connectivity index (χ0) is 35.0. The van der Waals surface area contributed by atoms with Crippen LogP contribution in [0.5, 0.6) is 0 Å². The normalized spacial score (nSPS) is 27.8. The summed E-state index contributed by atoms with van der Waals surface area (Å²) in [5, 5.41) is 4.02. The van der Waals surface area contributed by atoms with E-state index in [-0.39, 0.29) is 16.9 Å². The molecule has 2 saturated heterocycles. The summed E-state index contributed by atoms with van der Waals surface area (Å²) in [6.45, 7) is 4.54. The molecule has 9 heteroatoms. The van der Waals surface area contributed by atoms with E-state index in [0.717, 1.165) is 29.5 Å². The summed E-state index contributed by atoms with van der Waals surface area (Å²) in [6.07, 6.45) is 2.30. The number of anilines is 1. The highest BCUT2D eigenvalue weighted by Crippen LogP contribution is 2.71. The number of fused-ring (bicyclic) bond motifs is 5. The van der Waals surface area contributed by atoms with Crippen LogP contribution in [0.15, 0.2) is 97.1 Å². The van der Waals surface area contributed by atoms with E-state index in [4.69, 9.17) is 32.7 Å². The SMILES string of the molecule is COC(=O)c1cc(Cl)cc([C@H]2[C@@H]3C(=O)O[C@@H](c4ccccc4)[C@@H](c4ccccc4)N3C3(CCC(C)(C)CC3)C23C(=O)Nc2cc(Cl)ccc23)c1. The van der Waals surface area contributed by atoms with Crippen molar-refractivity contribution < 1.29 is 23.9 Å². The summed E-state index contributed by atoms with van der Waals surface area (Å²) in [4.78, 5) is 45.7. The number of morpholine rings is 1. The molecule has 3 aliphatic heterocycles. The van der Waals surface area contributed by atoms with Gasteiger partial charge in [0.05, 0.1) is 18.7 Å². The standard InChI is InChI=1S/C41H38Cl2N2O5/c1-39(2)16-18-40(19-17-39)41(30-15-14-28(42)23-31(30)44-38(41)48)32(26-20-27(36(46)49-3)22-29(43)21-26)34-37(47)50-35(25-12-8-5-9-13-25)33(45(34)40)24-10-6-4-7-11-24/h4-15,20-23,32-35H,16-19H2,1-3H3,(H,44,48)/t32-,33+,34+,35-,41?/m0/s1. The number of carbonyl (C=O) groups is 3. The predicted octanol–water partition coefficient (Wildman–Crippen LogP) is 8.82. The van der Waals surface area contributed by atoms with E-state index in [2.05, 4.69) is 36.2 Å². The number of rotatable bonds is 4. The molecule has 5 atom stereocenters. The number of halogens is 2. The number of nitrogens with zero attached hydrogens (tertiary/aromatic N) is 1. The quantitative estimate of drug-likeness (QED) is 0.213. The number of methoxy groups -OCH3 is 1. The molecular weight excluding hydrogens is 671 g/mol. The van der Waals surface area contributed by atoms with E-state index in [9.17, 15) is 4.79 Å². The Hall–Kier alpha value is -4.17. The predicted molar refractivity (Wildman–Crippen MR) is 192 cm³/mol. The van der Waals surface area contributed by atoms with Gasteiger partial charge in [-0.25, -0.2) is 4.79 Å². The van der Waals surface area contributed by atoms with Crippen LogP contribution in [0.2, 0.25) is 10.0 Å². The van der Waals surface area contributed by atoms with Gasteiger partial charge in [-0.15, -0.1) is 0 Å². The minimum atomic E-state index is -1.29. The molecule has 7 nitrogen and oxygen atoms in total. The molecule has 1 saturated carbocycles. The van der Waals surface area contributed by atoms with Gasteiger partial charge < -0.3 is 14.8 Å². The fourth-order valence-electron chi connectivity index (χ4n) is 9.66. The first kappa shape index (κ1) is 33.0. The summed E-state index contributed by atoms with van der Waals surface area (Å²) in [6, 6.07) is 29.2. The number of benzene rings is 4. The Balaban J connectivity index is 1.49. The molecule has 3 fully saturated rings. The van der Waals surface area contributed by atoms with E-state index in [0.29, 0.717) is 34.1 Å². The lowest BCUT2D eigenvalue weighted by Gasteiger charge is -2.57. The summed E-state index contributed by atoms with van der Waals surface area (Å²) < 4.78 is 11.7. The topological polar surface area (TPSA) is 84.9 Å². The van der Waals surface area contributed by atoms with E-state index in [1.807, 2.05) is 60.7 Å². The summed E-state index contributed by atoms with van der Waals surface area (Å²) in [5.74, 6) is -1.98. The van der Waals surface area contributed by atoms with Crippen LogP contribution >= 0.6 is 23.2 Å². The van der Waals surface area contributed by atoms with Gasteiger partial charge in [0.2, 0.25) is 5.91 Å². The molecule has 0 radical (unpaired) electrons. The smallest absolute Gasteiger partial charge is 0.337 e. The highest BCUT2D eigenvalue weighted by molar-refractivity contribution is 6.31. The summed E-state index contributed by atoms with van der Waals surface area (Å²) in [7, 11) is 1.32. The van der Waals surface area contributed by atoms with Gasteiger partial charge in [-0.2, -0.15) is 0 Å². The van der Waals surface area contributed by atoms with Gasteiger partial charge in [0.15, 0.2) is 0 Å². The number of carbonyl (C=O) groups excluding carboxylic acids is 3. The highest BCUT2D eigenvalue weighted by Gasteiger charge is 2.78. The maximum absolute atomic E-state index is 15.3. The van der Waals surface area contributed by atoms with Crippen molar-refractivity contribution in [1.82, 2.24) is 4.90 Å². The lowest BCUT2D eigenvalue weighted by atomic mass is 9.53. The summed E-state index contributed by atoms with van der Waals surface area (Å²) >= 11 is 13.3. The first-order valence-electron chi connectivity index (χ1n) is 17.1. The fraction of sp³-hybridized carbons (Fsp3) is 0.341. The lowest BCUT2D eigenvalue weighted by molar-refractivity contribution is -0.184. The molecule has 1 amide bonds. The second-order valence-electron chi connectivity index (χ2n) is 14.9. The van der Waals surface area contributed by atoms with E-state index < -0.39 is 47.0 Å². The Morgan fingerprint density at radius 1 is 0.800 bits per heavy atom. The molecule has 1 aliphatic carbocycles. The van der Waals surface area contributed by atoms with Gasteiger partial charge >= 0.3 is 11.9 Å². The zero-order valence-corrected chi connectivity index (χ0v) is 29.6. The van der Waals surface area contributed by atoms with Gasteiger partial charge in [0, 0.05) is 27.2 Å². The number of nitrogens with one attached hydrogen (secondary N) is 1. The second-order valence-corrected chi connectivity index (χ2v) is 15.7. The van der Waals surface area contributed by atoms with E-state index in [1.165, 1.54) is 7.11 Å². The maximum atomic E-state index is 15.3. The molecule has 4 aliphatic rings. The van der Waals surface area contributed by atoms with Crippen molar-refractivity contribution in [3.05, 3.63) is 135 Å². The monoisotopic (exact) mass is 708 g/mol. The van der Waals surface area contributed by atoms with Crippen molar-refractivity contribution in [1.29, 1.82) is 0 Å². The molecule has 0 bridgehead atoms. The van der Waals surface area contributed by atoms with Crippen LogP contribution in [0, 0.1) is 5.41 Å². The number of ether oxygens (including phenoxy) is 2. The average Bonchev–Trinajstić information content (AvgIpc) is 3.55. The summed E-state index contributed by atoms with van der Waals surface area (Å²) in [5.41, 5.74) is 1.95. The highest BCUT2D eigenvalue weighted by atomic mass is 35.5. The molecule has 3 heterocycles. The zero-order valence-electron chi connectivity index (χ0n) is 28.1. The van der Waals surface area contributed by atoms with Crippen molar-refractivity contribution in [2.24, 2.45) is 5.41 Å². The van der Waals surface area contributed by atoms with Crippen LogP contribution in [0.1, 0.15) is 90.2 Å². The minimum absolute atomic E-state index is 0.0173. The largest absolute Gasteiger partial charge is 0.465 e.